The maximum absolute atomic E-state index is 11.1. The molecular weight excluding hydrogens is 419 g/mol. The molecule has 0 aliphatic rings. The van der Waals surface area contributed by atoms with Gasteiger partial charge in [-0.1, -0.05) is 18.2 Å². The lowest BCUT2D eigenvalue weighted by molar-refractivity contribution is -0.112. The fourth-order valence-corrected chi connectivity index (χ4v) is 3.72. The molecule has 1 N–H and O–H groups in total. The molecule has 0 radical (unpaired) electrons. The summed E-state index contributed by atoms with van der Waals surface area (Å²) in [6.07, 6.45) is 3.39. The number of aryl methyl sites for hydroxylation is 1. The van der Waals surface area contributed by atoms with E-state index in [0.717, 1.165) is 46.9 Å². The van der Waals surface area contributed by atoms with Crippen molar-refractivity contribution in [3.05, 3.63) is 59.9 Å². The van der Waals surface area contributed by atoms with Crippen LogP contribution in [0.3, 0.4) is 0 Å². The number of allylic oxidation sites excluding steroid dienone is 1. The van der Waals surface area contributed by atoms with E-state index in [4.69, 9.17) is 28.2 Å². The molecule has 1 aromatic heterocycles. The summed E-state index contributed by atoms with van der Waals surface area (Å²) in [6, 6.07) is 14.2. The first-order chi connectivity index (χ1) is 14.5. The van der Waals surface area contributed by atoms with E-state index in [-0.39, 0.29) is 5.78 Å². The highest BCUT2D eigenvalue weighted by molar-refractivity contribution is 6.18. The molecule has 0 bridgehead atoms. The van der Waals surface area contributed by atoms with Crippen molar-refractivity contribution in [2.24, 2.45) is 7.05 Å². The fraction of sp³-hybridized carbons (Fsp3) is 0.304. The molecular formula is C23H26Cl2N4O. The van der Waals surface area contributed by atoms with Crippen LogP contribution in [0.5, 0.6) is 0 Å². The van der Waals surface area contributed by atoms with Crippen LogP contribution in [0.2, 0.25) is 0 Å². The third-order valence-corrected chi connectivity index (χ3v) is 5.22. The quantitative estimate of drug-likeness (QED) is 0.350. The zero-order chi connectivity index (χ0) is 21.5. The van der Waals surface area contributed by atoms with Gasteiger partial charge in [0.1, 0.15) is 5.82 Å². The van der Waals surface area contributed by atoms with Gasteiger partial charge in [0.15, 0.2) is 5.78 Å². The third-order valence-electron chi connectivity index (χ3n) is 4.88. The van der Waals surface area contributed by atoms with E-state index in [1.165, 1.54) is 0 Å². The molecule has 158 valence electrons. The number of imidazole rings is 1. The molecule has 0 atom stereocenters. The van der Waals surface area contributed by atoms with Gasteiger partial charge in [0.05, 0.1) is 17.6 Å². The monoisotopic (exact) mass is 444 g/mol. The molecule has 0 fully saturated rings. The number of hydrogen-bond acceptors (Lipinski definition) is 4. The standard InChI is InChI=1S/C23H26Cl2N4O/c1-17(30)6-7-18-4-3-5-19(14-18)26-16-23-27-21-15-20(8-9-22(21)28(23)2)29(12-10-24)13-11-25/h3-9,14-15,26H,10-13,16H2,1-2H3/b7-6+. The van der Waals surface area contributed by atoms with Gasteiger partial charge >= 0.3 is 0 Å². The van der Waals surface area contributed by atoms with Crippen molar-refractivity contribution in [2.45, 2.75) is 13.5 Å². The van der Waals surface area contributed by atoms with E-state index in [0.29, 0.717) is 18.3 Å². The SMILES string of the molecule is CC(=O)/C=C/c1cccc(NCc2nc3cc(N(CCCl)CCCl)ccc3n2C)c1. The van der Waals surface area contributed by atoms with Gasteiger partial charge in [0.2, 0.25) is 0 Å². The van der Waals surface area contributed by atoms with E-state index >= 15 is 0 Å². The summed E-state index contributed by atoms with van der Waals surface area (Å²) in [5, 5.41) is 3.42. The molecule has 5 nitrogen and oxygen atoms in total. The Hall–Kier alpha value is -2.50. The number of carbonyl (C=O) groups excluding carboxylic acids is 1. The number of nitrogens with one attached hydrogen (secondary N) is 1. The molecule has 0 saturated carbocycles. The maximum Gasteiger partial charge on any atom is 0.152 e. The molecule has 0 unspecified atom stereocenters. The molecule has 0 saturated heterocycles. The van der Waals surface area contributed by atoms with E-state index in [9.17, 15) is 4.79 Å². The van der Waals surface area contributed by atoms with Crippen LogP contribution < -0.4 is 10.2 Å². The lowest BCUT2D eigenvalue weighted by atomic mass is 10.1. The number of alkyl halides is 2. The van der Waals surface area contributed by atoms with Crippen molar-refractivity contribution < 1.29 is 4.79 Å². The Kier molecular flexibility index (Phi) is 7.77. The molecule has 30 heavy (non-hydrogen) atoms. The van der Waals surface area contributed by atoms with Crippen LogP contribution in [0.4, 0.5) is 11.4 Å². The van der Waals surface area contributed by atoms with Crippen molar-refractivity contribution in [1.29, 1.82) is 0 Å². The summed E-state index contributed by atoms with van der Waals surface area (Å²) >= 11 is 11.9. The number of ketones is 1. The second kappa shape index (κ2) is 10.5. The topological polar surface area (TPSA) is 50.2 Å². The number of fused-ring (bicyclic) bond motifs is 1. The first-order valence-electron chi connectivity index (χ1n) is 9.86. The second-order valence-electron chi connectivity index (χ2n) is 7.05. The number of carbonyl (C=O) groups is 1. The first kappa shape index (κ1) is 22.2. The highest BCUT2D eigenvalue weighted by Crippen LogP contribution is 2.23. The summed E-state index contributed by atoms with van der Waals surface area (Å²) in [5.74, 6) is 2.07. The minimum absolute atomic E-state index is 0.0306. The van der Waals surface area contributed by atoms with Gasteiger partial charge in [-0.15, -0.1) is 23.2 Å². The number of nitrogens with zero attached hydrogens (tertiary/aromatic N) is 3. The predicted octanol–water partition coefficient (Wildman–Crippen LogP) is 5.07. The van der Waals surface area contributed by atoms with Gasteiger partial charge in [-0.3, -0.25) is 4.79 Å². The Morgan fingerprint density at radius 1 is 1.17 bits per heavy atom. The number of halogens is 2. The van der Waals surface area contributed by atoms with Crippen molar-refractivity contribution in [3.63, 3.8) is 0 Å². The number of benzene rings is 2. The average molecular weight is 445 g/mol. The summed E-state index contributed by atoms with van der Waals surface area (Å²) in [5.41, 5.74) is 5.04. The van der Waals surface area contributed by atoms with Crippen LogP contribution in [-0.2, 0) is 18.4 Å². The smallest absolute Gasteiger partial charge is 0.152 e. The summed E-state index contributed by atoms with van der Waals surface area (Å²) < 4.78 is 2.10. The molecule has 0 spiro atoms. The van der Waals surface area contributed by atoms with Gasteiger partial charge in [-0.2, -0.15) is 0 Å². The van der Waals surface area contributed by atoms with E-state index < -0.39 is 0 Å². The maximum atomic E-state index is 11.1. The number of rotatable bonds is 10. The molecule has 0 aliphatic heterocycles. The van der Waals surface area contributed by atoms with E-state index in [2.05, 4.69) is 33.0 Å². The van der Waals surface area contributed by atoms with Gasteiger partial charge in [0.25, 0.3) is 0 Å². The van der Waals surface area contributed by atoms with Gasteiger partial charge in [-0.25, -0.2) is 4.98 Å². The highest BCUT2D eigenvalue weighted by Gasteiger charge is 2.11. The zero-order valence-electron chi connectivity index (χ0n) is 17.2. The lowest BCUT2D eigenvalue weighted by Gasteiger charge is -2.22. The summed E-state index contributed by atoms with van der Waals surface area (Å²) in [7, 11) is 2.02. The molecule has 3 aromatic rings. The normalized spacial score (nSPS) is 11.3. The minimum Gasteiger partial charge on any atom is -0.378 e. The van der Waals surface area contributed by atoms with Gasteiger partial charge in [0, 0.05) is 43.3 Å². The van der Waals surface area contributed by atoms with Crippen LogP contribution in [-0.4, -0.2) is 40.2 Å². The highest BCUT2D eigenvalue weighted by atomic mass is 35.5. The van der Waals surface area contributed by atoms with Gasteiger partial charge < -0.3 is 14.8 Å². The van der Waals surface area contributed by atoms with E-state index in [1.807, 2.05) is 37.4 Å². The van der Waals surface area contributed by atoms with Crippen LogP contribution in [0.1, 0.15) is 18.3 Å². The number of hydrogen-bond donors (Lipinski definition) is 1. The molecule has 3 rings (SSSR count). The van der Waals surface area contributed by atoms with Gasteiger partial charge in [-0.05, 0) is 48.9 Å². The minimum atomic E-state index is 0.0306. The Morgan fingerprint density at radius 3 is 2.63 bits per heavy atom. The van der Waals surface area contributed by atoms with Crippen molar-refractivity contribution in [2.75, 3.05) is 35.1 Å². The largest absolute Gasteiger partial charge is 0.378 e. The first-order valence-corrected chi connectivity index (χ1v) is 10.9. The van der Waals surface area contributed by atoms with Crippen LogP contribution >= 0.6 is 23.2 Å². The fourth-order valence-electron chi connectivity index (χ4n) is 3.31. The Balaban J connectivity index is 1.77. The number of aromatic nitrogens is 2. The Labute approximate surface area is 187 Å². The average Bonchev–Trinajstić information content (AvgIpc) is 3.06. The van der Waals surface area contributed by atoms with Crippen molar-refractivity contribution in [3.8, 4) is 0 Å². The molecule has 0 aliphatic carbocycles. The summed E-state index contributed by atoms with van der Waals surface area (Å²) in [6.45, 7) is 3.62. The van der Waals surface area contributed by atoms with Crippen LogP contribution in [0.25, 0.3) is 17.1 Å². The molecule has 0 amide bonds. The third kappa shape index (κ3) is 5.55. The predicted molar refractivity (Wildman–Crippen MR) is 128 cm³/mol. The lowest BCUT2D eigenvalue weighted by Crippen LogP contribution is -2.27. The second-order valence-corrected chi connectivity index (χ2v) is 7.80. The van der Waals surface area contributed by atoms with Crippen molar-refractivity contribution in [1.82, 2.24) is 9.55 Å². The van der Waals surface area contributed by atoms with Crippen molar-refractivity contribution >= 4 is 57.5 Å². The zero-order valence-corrected chi connectivity index (χ0v) is 18.7. The molecule has 1 heterocycles. The van der Waals surface area contributed by atoms with Crippen LogP contribution in [0, 0.1) is 0 Å². The molecule has 2 aromatic carbocycles. The van der Waals surface area contributed by atoms with Crippen LogP contribution in [0.15, 0.2) is 48.5 Å². The Bertz CT molecular complexity index is 1040. The Morgan fingerprint density at radius 2 is 1.93 bits per heavy atom. The van der Waals surface area contributed by atoms with E-state index in [1.54, 1.807) is 13.0 Å². The summed E-state index contributed by atoms with van der Waals surface area (Å²) in [4.78, 5) is 18.1. The number of anilines is 2. The molecule has 7 heteroatoms.